The molecule has 0 aromatic heterocycles. The van der Waals surface area contributed by atoms with E-state index in [2.05, 4.69) is 15.4 Å². The second kappa shape index (κ2) is 10.1. The third-order valence-electron chi connectivity index (χ3n) is 3.68. The zero-order valence-electron chi connectivity index (χ0n) is 15.0. The van der Waals surface area contributed by atoms with E-state index in [4.69, 9.17) is 0 Å². The molecular formula is C17H27N3O4S. The molecule has 0 aliphatic carbocycles. The average Bonchev–Trinajstić information content (AvgIpc) is 2.55. The van der Waals surface area contributed by atoms with E-state index in [0.717, 1.165) is 17.5 Å². The molecule has 0 bridgehead atoms. The lowest BCUT2D eigenvalue weighted by molar-refractivity contribution is -0.122. The topological polar surface area (TPSA) is 104 Å². The number of rotatable bonds is 10. The molecule has 2 amide bonds. The summed E-state index contributed by atoms with van der Waals surface area (Å²) in [6.45, 7) is 6.57. The van der Waals surface area contributed by atoms with Gasteiger partial charge in [-0.15, -0.1) is 0 Å². The van der Waals surface area contributed by atoms with Gasteiger partial charge in [-0.3, -0.25) is 9.59 Å². The van der Waals surface area contributed by atoms with Gasteiger partial charge in [0.2, 0.25) is 21.8 Å². The van der Waals surface area contributed by atoms with Crippen molar-refractivity contribution in [2.24, 2.45) is 0 Å². The Morgan fingerprint density at radius 1 is 0.920 bits per heavy atom. The summed E-state index contributed by atoms with van der Waals surface area (Å²) in [4.78, 5) is 23.2. The summed E-state index contributed by atoms with van der Waals surface area (Å²) in [6, 6.07) is 4.90. The van der Waals surface area contributed by atoms with Crippen LogP contribution >= 0.6 is 0 Å². The first kappa shape index (κ1) is 21.1. The molecule has 1 aromatic rings. The Bertz CT molecular complexity index is 702. The van der Waals surface area contributed by atoms with E-state index in [9.17, 15) is 18.0 Å². The van der Waals surface area contributed by atoms with Gasteiger partial charge in [0.25, 0.3) is 0 Å². The summed E-state index contributed by atoms with van der Waals surface area (Å²) in [5.74, 6) is -0.413. The van der Waals surface area contributed by atoms with Crippen LogP contribution in [0.25, 0.3) is 0 Å². The van der Waals surface area contributed by atoms with Crippen LogP contribution in [0.15, 0.2) is 23.1 Å². The van der Waals surface area contributed by atoms with Crippen molar-refractivity contribution in [3.8, 4) is 0 Å². The minimum absolute atomic E-state index is 0.00310. The van der Waals surface area contributed by atoms with Crippen molar-refractivity contribution in [2.75, 3.05) is 19.6 Å². The molecule has 0 spiro atoms. The minimum atomic E-state index is -3.63. The number of aryl methyl sites for hydroxylation is 2. The van der Waals surface area contributed by atoms with Gasteiger partial charge in [0, 0.05) is 32.5 Å². The van der Waals surface area contributed by atoms with Crippen LogP contribution in [0.1, 0.15) is 37.3 Å². The molecule has 0 aliphatic heterocycles. The largest absolute Gasteiger partial charge is 0.356 e. The van der Waals surface area contributed by atoms with Gasteiger partial charge in [0.05, 0.1) is 4.90 Å². The van der Waals surface area contributed by atoms with E-state index in [-0.39, 0.29) is 42.6 Å². The summed E-state index contributed by atoms with van der Waals surface area (Å²) in [5, 5.41) is 5.31. The van der Waals surface area contributed by atoms with E-state index in [1.807, 2.05) is 20.8 Å². The van der Waals surface area contributed by atoms with Crippen LogP contribution in [-0.2, 0) is 19.6 Å². The molecule has 0 saturated heterocycles. The lowest BCUT2D eigenvalue weighted by Crippen LogP contribution is -2.33. The Morgan fingerprint density at radius 3 is 2.12 bits per heavy atom. The first-order valence-corrected chi connectivity index (χ1v) is 9.85. The summed E-state index contributed by atoms with van der Waals surface area (Å²) in [6.07, 6.45) is 1.08. The van der Waals surface area contributed by atoms with Gasteiger partial charge in [0.15, 0.2) is 0 Å². The lowest BCUT2D eigenvalue weighted by Gasteiger charge is -2.09. The molecule has 1 rings (SSSR count). The summed E-state index contributed by atoms with van der Waals surface area (Å²) in [7, 11) is -3.63. The highest BCUT2D eigenvalue weighted by Crippen LogP contribution is 2.14. The second-order valence-electron chi connectivity index (χ2n) is 5.84. The third-order valence-corrected chi connectivity index (χ3v) is 5.14. The van der Waals surface area contributed by atoms with Crippen LogP contribution in [0.5, 0.6) is 0 Å². The molecule has 0 aliphatic rings. The number of hydrogen-bond donors (Lipinski definition) is 3. The smallest absolute Gasteiger partial charge is 0.240 e. The maximum Gasteiger partial charge on any atom is 0.240 e. The van der Waals surface area contributed by atoms with Gasteiger partial charge in [0.1, 0.15) is 0 Å². The molecule has 0 atom stereocenters. The first-order chi connectivity index (χ1) is 11.8. The van der Waals surface area contributed by atoms with E-state index in [0.29, 0.717) is 6.54 Å². The van der Waals surface area contributed by atoms with E-state index in [1.165, 1.54) is 0 Å². The van der Waals surface area contributed by atoms with Gasteiger partial charge in [-0.25, -0.2) is 13.1 Å². The lowest BCUT2D eigenvalue weighted by atomic mass is 10.1. The summed E-state index contributed by atoms with van der Waals surface area (Å²) >= 11 is 0. The average molecular weight is 369 g/mol. The van der Waals surface area contributed by atoms with Crippen LogP contribution in [-0.4, -0.2) is 39.9 Å². The van der Waals surface area contributed by atoms with Crippen LogP contribution in [0, 0.1) is 13.8 Å². The molecule has 0 fully saturated rings. The minimum Gasteiger partial charge on any atom is -0.356 e. The molecule has 1 aromatic carbocycles. The quantitative estimate of drug-likeness (QED) is 0.572. The van der Waals surface area contributed by atoms with Crippen molar-refractivity contribution in [1.82, 2.24) is 15.4 Å². The van der Waals surface area contributed by atoms with Crippen molar-refractivity contribution in [3.63, 3.8) is 0 Å². The number of carbonyl (C=O) groups excluding carboxylic acids is 2. The fraction of sp³-hybridized carbons (Fsp3) is 0.529. The number of amides is 2. The maximum atomic E-state index is 12.2. The Hall–Kier alpha value is -1.93. The third kappa shape index (κ3) is 7.66. The normalized spacial score (nSPS) is 11.2. The highest BCUT2D eigenvalue weighted by atomic mass is 32.2. The molecular weight excluding hydrogens is 342 g/mol. The molecule has 8 heteroatoms. The van der Waals surface area contributed by atoms with Gasteiger partial charge in [-0.05, 0) is 43.5 Å². The summed E-state index contributed by atoms with van der Waals surface area (Å²) < 4.78 is 26.8. The van der Waals surface area contributed by atoms with Crippen LogP contribution < -0.4 is 15.4 Å². The van der Waals surface area contributed by atoms with Crippen LogP contribution in [0.2, 0.25) is 0 Å². The van der Waals surface area contributed by atoms with Crippen molar-refractivity contribution < 1.29 is 18.0 Å². The molecule has 7 nitrogen and oxygen atoms in total. The second-order valence-corrected chi connectivity index (χ2v) is 7.61. The van der Waals surface area contributed by atoms with Gasteiger partial charge in [-0.1, -0.05) is 13.0 Å². The predicted molar refractivity (Wildman–Crippen MR) is 96.6 cm³/mol. The number of hydrogen-bond acceptors (Lipinski definition) is 4. The van der Waals surface area contributed by atoms with Crippen molar-refractivity contribution in [2.45, 2.75) is 44.9 Å². The van der Waals surface area contributed by atoms with Gasteiger partial charge in [-0.2, -0.15) is 0 Å². The maximum absolute atomic E-state index is 12.2. The standard InChI is InChI=1S/C17H27N3O4S/c1-4-9-18-16(21)7-10-19-17(22)8-11-20-25(23,24)15-6-5-13(2)14(3)12-15/h5-6,12,20H,4,7-11H2,1-3H3,(H,18,21)(H,19,22). The Labute approximate surface area is 149 Å². The fourth-order valence-corrected chi connectivity index (χ4v) is 3.14. The molecule has 0 unspecified atom stereocenters. The Morgan fingerprint density at radius 2 is 1.52 bits per heavy atom. The molecule has 25 heavy (non-hydrogen) atoms. The SMILES string of the molecule is CCCNC(=O)CCNC(=O)CCNS(=O)(=O)c1ccc(C)c(C)c1. The number of benzene rings is 1. The molecule has 0 radical (unpaired) electrons. The van der Waals surface area contributed by atoms with Crippen molar-refractivity contribution in [1.29, 1.82) is 0 Å². The molecule has 3 N–H and O–H groups in total. The van der Waals surface area contributed by atoms with E-state index < -0.39 is 10.0 Å². The highest BCUT2D eigenvalue weighted by molar-refractivity contribution is 7.89. The first-order valence-electron chi connectivity index (χ1n) is 8.36. The van der Waals surface area contributed by atoms with E-state index in [1.54, 1.807) is 18.2 Å². The summed E-state index contributed by atoms with van der Waals surface area (Å²) in [5.41, 5.74) is 1.91. The van der Waals surface area contributed by atoms with Crippen LogP contribution in [0.3, 0.4) is 0 Å². The number of sulfonamides is 1. The van der Waals surface area contributed by atoms with Crippen LogP contribution in [0.4, 0.5) is 0 Å². The van der Waals surface area contributed by atoms with Gasteiger partial charge >= 0.3 is 0 Å². The molecule has 140 valence electrons. The number of nitrogens with one attached hydrogen (secondary N) is 3. The zero-order valence-corrected chi connectivity index (χ0v) is 15.8. The Balaban J connectivity index is 2.34. The van der Waals surface area contributed by atoms with Gasteiger partial charge < -0.3 is 10.6 Å². The van der Waals surface area contributed by atoms with Crippen molar-refractivity contribution in [3.05, 3.63) is 29.3 Å². The monoisotopic (exact) mass is 369 g/mol. The molecule has 0 heterocycles. The number of carbonyl (C=O) groups is 2. The predicted octanol–water partition coefficient (Wildman–Crippen LogP) is 1.00. The zero-order chi connectivity index (χ0) is 18.9. The highest BCUT2D eigenvalue weighted by Gasteiger charge is 2.14. The van der Waals surface area contributed by atoms with Crippen molar-refractivity contribution >= 4 is 21.8 Å². The Kier molecular flexibility index (Phi) is 8.57. The van der Waals surface area contributed by atoms with E-state index >= 15 is 0 Å². The molecule has 0 saturated carbocycles. The fourth-order valence-electron chi connectivity index (χ4n) is 2.02.